The summed E-state index contributed by atoms with van der Waals surface area (Å²) < 4.78 is 6.03. The average Bonchev–Trinajstić information content (AvgIpc) is 2.53. The first-order valence-corrected chi connectivity index (χ1v) is 4.82. The van der Waals surface area contributed by atoms with Crippen molar-refractivity contribution in [1.82, 2.24) is 0 Å². The Balaban J connectivity index is 2.30. The molecule has 0 fully saturated rings. The minimum Gasteiger partial charge on any atom is -0.423 e. The Hall–Kier alpha value is -0.575. The Morgan fingerprint density at radius 1 is 1.31 bits per heavy atom. The van der Waals surface area contributed by atoms with Crippen molar-refractivity contribution in [3.63, 3.8) is 0 Å². The van der Waals surface area contributed by atoms with Crippen LogP contribution in [0, 0.1) is 0 Å². The van der Waals surface area contributed by atoms with Gasteiger partial charge in [-0.2, -0.15) is 0 Å². The lowest BCUT2D eigenvalue weighted by molar-refractivity contribution is 0.316. The molecule has 1 heterocycles. The van der Waals surface area contributed by atoms with Crippen molar-refractivity contribution < 1.29 is 9.68 Å². The highest BCUT2D eigenvalue weighted by Crippen LogP contribution is 2.22. The molecule has 1 aromatic rings. The van der Waals surface area contributed by atoms with Gasteiger partial charge in [-0.05, 0) is 23.2 Å². The molecule has 0 aromatic heterocycles. The third kappa shape index (κ3) is 1.85. The van der Waals surface area contributed by atoms with Crippen LogP contribution in [-0.2, 0) is 4.65 Å². The average molecular weight is 239 g/mol. The maximum absolute atomic E-state index is 9.41. The summed E-state index contributed by atoms with van der Waals surface area (Å²) in [7, 11) is -0.763. The van der Waals surface area contributed by atoms with Crippen LogP contribution in [0.3, 0.4) is 0 Å². The van der Waals surface area contributed by atoms with Gasteiger partial charge in [-0.25, -0.2) is 0 Å². The molecule has 1 aliphatic rings. The fraction of sp³-hybridized carbons (Fsp3) is 0.111. The van der Waals surface area contributed by atoms with Crippen molar-refractivity contribution in [3.05, 3.63) is 40.4 Å². The number of benzene rings is 1. The third-order valence-corrected chi connectivity index (χ3v) is 2.53. The molecule has 4 heteroatoms. The first-order valence-electron chi connectivity index (χ1n) is 4.03. The lowest BCUT2D eigenvalue weighted by atomic mass is 9.76. The zero-order chi connectivity index (χ0) is 9.26. The van der Waals surface area contributed by atoms with E-state index in [1.165, 1.54) is 0 Å². The van der Waals surface area contributed by atoms with E-state index in [4.69, 9.17) is 4.65 Å². The van der Waals surface area contributed by atoms with Crippen molar-refractivity contribution in [2.45, 2.75) is 0 Å². The highest BCUT2D eigenvalue weighted by molar-refractivity contribution is 9.10. The van der Waals surface area contributed by atoms with E-state index in [1.807, 2.05) is 30.3 Å². The van der Waals surface area contributed by atoms with Gasteiger partial charge in [0.15, 0.2) is 0 Å². The summed E-state index contributed by atoms with van der Waals surface area (Å²) in [4.78, 5) is 0. The zero-order valence-electron chi connectivity index (χ0n) is 6.90. The molecule has 1 N–H and O–H groups in total. The Bertz CT molecular complexity index is 334. The molecule has 0 spiro atoms. The van der Waals surface area contributed by atoms with Gasteiger partial charge >= 0.3 is 7.12 Å². The van der Waals surface area contributed by atoms with Crippen LogP contribution >= 0.6 is 15.9 Å². The van der Waals surface area contributed by atoms with E-state index < -0.39 is 7.12 Å². The minimum absolute atomic E-state index is 0.493. The Labute approximate surface area is 85.5 Å². The predicted octanol–water partition coefficient (Wildman–Crippen LogP) is 1.88. The molecule has 0 atom stereocenters. The van der Waals surface area contributed by atoms with Gasteiger partial charge in [-0.15, -0.1) is 0 Å². The Morgan fingerprint density at radius 2 is 2.00 bits per heavy atom. The van der Waals surface area contributed by atoms with Gasteiger partial charge in [0.05, 0.1) is 6.61 Å². The molecular formula is C9H8BBrO2. The molecule has 0 saturated carbocycles. The zero-order valence-corrected chi connectivity index (χ0v) is 8.49. The van der Waals surface area contributed by atoms with Crippen LogP contribution < -0.4 is 0 Å². The van der Waals surface area contributed by atoms with E-state index in [-0.39, 0.29) is 0 Å². The van der Waals surface area contributed by atoms with Gasteiger partial charge in [-0.1, -0.05) is 34.1 Å². The minimum atomic E-state index is -0.763. The first-order chi connectivity index (χ1) is 6.27. The van der Waals surface area contributed by atoms with Gasteiger partial charge < -0.3 is 9.68 Å². The molecule has 0 aliphatic carbocycles. The Kier molecular flexibility index (Phi) is 2.53. The van der Waals surface area contributed by atoms with Gasteiger partial charge in [0.2, 0.25) is 0 Å². The number of rotatable bonds is 1. The molecular weight excluding hydrogens is 231 g/mol. The smallest absolute Gasteiger partial charge is 0.423 e. The molecule has 0 saturated heterocycles. The van der Waals surface area contributed by atoms with Gasteiger partial charge in [0.1, 0.15) is 0 Å². The van der Waals surface area contributed by atoms with E-state index >= 15 is 0 Å². The quantitative estimate of drug-likeness (QED) is 0.758. The lowest BCUT2D eigenvalue weighted by Crippen LogP contribution is -2.14. The van der Waals surface area contributed by atoms with Crippen molar-refractivity contribution in [2.75, 3.05) is 6.61 Å². The molecule has 0 unspecified atom stereocenters. The standard InChI is InChI=1S/C9H8BBrO2/c11-8-3-1-7(2-4-8)9-5-6-13-10(9)12/h1-5,12H,6H2. The molecule has 13 heavy (non-hydrogen) atoms. The van der Waals surface area contributed by atoms with Crippen LogP contribution in [0.5, 0.6) is 0 Å². The fourth-order valence-corrected chi connectivity index (χ4v) is 1.59. The number of hydrogen-bond acceptors (Lipinski definition) is 2. The van der Waals surface area contributed by atoms with E-state index in [0.29, 0.717) is 6.61 Å². The van der Waals surface area contributed by atoms with Crippen molar-refractivity contribution in [2.24, 2.45) is 0 Å². The molecule has 2 nitrogen and oxygen atoms in total. The van der Waals surface area contributed by atoms with Crippen LogP contribution in [0.2, 0.25) is 0 Å². The summed E-state index contributed by atoms with van der Waals surface area (Å²) in [5.74, 6) is 0. The molecule has 0 radical (unpaired) electrons. The highest BCUT2D eigenvalue weighted by atomic mass is 79.9. The summed E-state index contributed by atoms with van der Waals surface area (Å²) in [6.45, 7) is 0.493. The van der Waals surface area contributed by atoms with Gasteiger partial charge in [-0.3, -0.25) is 0 Å². The van der Waals surface area contributed by atoms with Crippen molar-refractivity contribution >= 4 is 28.5 Å². The summed E-state index contributed by atoms with van der Waals surface area (Å²) in [5.41, 5.74) is 1.86. The van der Waals surface area contributed by atoms with Gasteiger partial charge in [0, 0.05) is 4.47 Å². The van der Waals surface area contributed by atoms with Crippen LogP contribution in [0.25, 0.3) is 5.47 Å². The summed E-state index contributed by atoms with van der Waals surface area (Å²) >= 11 is 3.36. The second-order valence-electron chi connectivity index (χ2n) is 2.85. The Morgan fingerprint density at radius 3 is 2.54 bits per heavy atom. The van der Waals surface area contributed by atoms with E-state index in [2.05, 4.69) is 15.9 Å². The van der Waals surface area contributed by atoms with E-state index in [0.717, 1.165) is 15.5 Å². The van der Waals surface area contributed by atoms with Crippen LogP contribution in [0.15, 0.2) is 34.8 Å². The SMILES string of the molecule is OB1OCC=C1c1ccc(Br)cc1. The van der Waals surface area contributed by atoms with Crippen molar-refractivity contribution in [3.8, 4) is 0 Å². The number of halogens is 1. The topological polar surface area (TPSA) is 29.5 Å². The predicted molar refractivity (Wildman–Crippen MR) is 56.0 cm³/mol. The van der Waals surface area contributed by atoms with E-state index in [9.17, 15) is 5.02 Å². The maximum atomic E-state index is 9.41. The lowest BCUT2D eigenvalue weighted by Gasteiger charge is -2.03. The monoisotopic (exact) mass is 238 g/mol. The second-order valence-corrected chi connectivity index (χ2v) is 3.77. The fourth-order valence-electron chi connectivity index (χ4n) is 1.32. The van der Waals surface area contributed by atoms with Gasteiger partial charge in [0.25, 0.3) is 0 Å². The molecule has 2 rings (SSSR count). The number of hydrogen-bond donors (Lipinski definition) is 1. The third-order valence-electron chi connectivity index (χ3n) is 2.00. The molecule has 0 amide bonds. The molecule has 0 bridgehead atoms. The van der Waals surface area contributed by atoms with Crippen molar-refractivity contribution in [1.29, 1.82) is 0 Å². The molecule has 66 valence electrons. The molecule has 1 aliphatic heterocycles. The summed E-state index contributed by atoms with van der Waals surface area (Å²) in [6.07, 6.45) is 1.90. The maximum Gasteiger partial charge on any atom is 0.491 e. The largest absolute Gasteiger partial charge is 0.491 e. The highest BCUT2D eigenvalue weighted by Gasteiger charge is 2.25. The van der Waals surface area contributed by atoms with Crippen LogP contribution in [0.4, 0.5) is 0 Å². The normalized spacial score (nSPS) is 16.2. The van der Waals surface area contributed by atoms with E-state index in [1.54, 1.807) is 0 Å². The molecule has 1 aromatic carbocycles. The summed E-state index contributed by atoms with van der Waals surface area (Å²) in [6, 6.07) is 7.80. The van der Waals surface area contributed by atoms with Crippen LogP contribution in [-0.4, -0.2) is 18.7 Å². The first kappa shape index (κ1) is 9.00. The van der Waals surface area contributed by atoms with Crippen LogP contribution in [0.1, 0.15) is 5.56 Å². The summed E-state index contributed by atoms with van der Waals surface area (Å²) in [5, 5.41) is 9.41. The second kappa shape index (κ2) is 3.66.